The maximum absolute atomic E-state index is 6.54. The molecule has 0 aromatic carbocycles. The van der Waals surface area contributed by atoms with Gasteiger partial charge < -0.3 is 5.32 Å². The summed E-state index contributed by atoms with van der Waals surface area (Å²) in [6.45, 7) is 7.65. The Kier molecular flexibility index (Phi) is 6.12. The van der Waals surface area contributed by atoms with Gasteiger partial charge in [-0.15, -0.1) is 0 Å². The van der Waals surface area contributed by atoms with Crippen molar-refractivity contribution < 1.29 is 0 Å². The van der Waals surface area contributed by atoms with Crippen molar-refractivity contribution >= 4 is 11.6 Å². The van der Waals surface area contributed by atoms with Gasteiger partial charge in [0.15, 0.2) is 0 Å². The molecule has 1 fully saturated rings. The summed E-state index contributed by atoms with van der Waals surface area (Å²) in [7, 11) is 2.03. The largest absolute Gasteiger partial charge is 0.314 e. The number of hydrogen-bond donors (Lipinski definition) is 1. The van der Waals surface area contributed by atoms with Crippen LogP contribution in [0.3, 0.4) is 0 Å². The molecule has 1 unspecified atom stereocenters. The number of rotatable bonds is 7. The molecule has 0 amide bonds. The molecular weight excluding hydrogens is 282 g/mol. The summed E-state index contributed by atoms with van der Waals surface area (Å²) in [5.41, 5.74) is 2.26. The highest BCUT2D eigenvalue weighted by molar-refractivity contribution is 6.31. The van der Waals surface area contributed by atoms with Crippen LogP contribution in [-0.2, 0) is 19.9 Å². The van der Waals surface area contributed by atoms with Gasteiger partial charge in [-0.1, -0.05) is 58.1 Å². The normalized spacial score (nSPS) is 17.8. The lowest BCUT2D eigenvalue weighted by Gasteiger charge is -2.25. The Labute approximate surface area is 134 Å². The van der Waals surface area contributed by atoms with Gasteiger partial charge in [-0.3, -0.25) is 4.68 Å². The van der Waals surface area contributed by atoms with E-state index in [4.69, 9.17) is 11.6 Å². The van der Waals surface area contributed by atoms with Crippen molar-refractivity contribution in [1.82, 2.24) is 15.1 Å². The summed E-state index contributed by atoms with van der Waals surface area (Å²) in [5, 5.41) is 9.09. The molecule has 0 spiro atoms. The summed E-state index contributed by atoms with van der Waals surface area (Å²) in [5.74, 6) is 1.51. The van der Waals surface area contributed by atoms with E-state index in [-0.39, 0.29) is 0 Å². The van der Waals surface area contributed by atoms with Crippen LogP contribution in [0, 0.1) is 11.8 Å². The Balaban J connectivity index is 2.11. The van der Waals surface area contributed by atoms with Crippen molar-refractivity contribution in [3.05, 3.63) is 16.4 Å². The van der Waals surface area contributed by atoms with E-state index < -0.39 is 0 Å². The highest BCUT2D eigenvalue weighted by Gasteiger charge is 2.27. The minimum absolute atomic E-state index is 0.544. The van der Waals surface area contributed by atoms with Crippen molar-refractivity contribution in [2.24, 2.45) is 18.9 Å². The molecule has 0 saturated heterocycles. The van der Waals surface area contributed by atoms with Gasteiger partial charge in [-0.25, -0.2) is 0 Å². The molecule has 120 valence electrons. The number of nitrogens with zero attached hydrogens (tertiary/aromatic N) is 2. The van der Waals surface area contributed by atoms with Crippen LogP contribution in [0.4, 0.5) is 0 Å². The summed E-state index contributed by atoms with van der Waals surface area (Å²) >= 11 is 6.54. The van der Waals surface area contributed by atoms with Crippen LogP contribution in [0.15, 0.2) is 0 Å². The topological polar surface area (TPSA) is 29.9 Å². The van der Waals surface area contributed by atoms with Crippen molar-refractivity contribution in [3.8, 4) is 0 Å². The van der Waals surface area contributed by atoms with Crippen molar-refractivity contribution in [2.75, 3.05) is 6.54 Å². The molecule has 1 atom stereocenters. The zero-order chi connectivity index (χ0) is 15.4. The fourth-order valence-electron chi connectivity index (χ4n) is 3.51. The summed E-state index contributed by atoms with van der Waals surface area (Å²) in [6.07, 6.45) is 7.49. The van der Waals surface area contributed by atoms with Gasteiger partial charge in [0.2, 0.25) is 0 Å². The fourth-order valence-corrected chi connectivity index (χ4v) is 3.88. The lowest BCUT2D eigenvalue weighted by molar-refractivity contribution is 0.308. The van der Waals surface area contributed by atoms with Crippen LogP contribution in [0.5, 0.6) is 0 Å². The maximum atomic E-state index is 6.54. The van der Waals surface area contributed by atoms with E-state index in [0.717, 1.165) is 36.0 Å². The molecule has 1 aliphatic carbocycles. The van der Waals surface area contributed by atoms with E-state index >= 15 is 0 Å². The van der Waals surface area contributed by atoms with E-state index in [1.807, 2.05) is 11.7 Å². The third-order valence-electron chi connectivity index (χ3n) is 4.81. The van der Waals surface area contributed by atoms with Crippen LogP contribution in [0.25, 0.3) is 0 Å². The number of hydrogen-bond acceptors (Lipinski definition) is 2. The second kappa shape index (κ2) is 7.64. The first-order valence-electron chi connectivity index (χ1n) is 8.46. The fraction of sp³-hybridized carbons (Fsp3) is 0.824. The molecule has 1 heterocycles. The Bertz CT molecular complexity index is 447. The molecule has 4 heteroatoms. The first-order chi connectivity index (χ1) is 10.0. The zero-order valence-electron chi connectivity index (χ0n) is 14.0. The lowest BCUT2D eigenvalue weighted by Crippen LogP contribution is -2.33. The standard InChI is InChI=1S/C17H30ClN3/c1-5-15-17(18)16(21(4)20-15)10-14(11-19-12(2)3)13-8-6-7-9-13/h12-14,19H,5-11H2,1-4H3. The van der Waals surface area contributed by atoms with Gasteiger partial charge in [-0.05, 0) is 31.2 Å². The van der Waals surface area contributed by atoms with E-state index in [9.17, 15) is 0 Å². The van der Waals surface area contributed by atoms with Crippen LogP contribution in [0.1, 0.15) is 57.8 Å². The van der Waals surface area contributed by atoms with Crippen LogP contribution in [0.2, 0.25) is 5.02 Å². The minimum atomic E-state index is 0.544. The molecule has 0 bridgehead atoms. The number of aromatic nitrogens is 2. The van der Waals surface area contributed by atoms with Gasteiger partial charge >= 0.3 is 0 Å². The highest BCUT2D eigenvalue weighted by atomic mass is 35.5. The Hall–Kier alpha value is -0.540. The van der Waals surface area contributed by atoms with Gasteiger partial charge in [0.05, 0.1) is 16.4 Å². The van der Waals surface area contributed by atoms with Crippen molar-refractivity contribution in [3.63, 3.8) is 0 Å². The SMILES string of the molecule is CCc1nn(C)c(CC(CNC(C)C)C2CCCC2)c1Cl. The summed E-state index contributed by atoms with van der Waals surface area (Å²) in [6, 6.07) is 0.544. The number of aryl methyl sites for hydroxylation is 2. The number of nitrogens with one attached hydrogen (secondary N) is 1. The molecule has 1 saturated carbocycles. The third-order valence-corrected chi connectivity index (χ3v) is 5.25. The molecular formula is C17H30ClN3. The summed E-state index contributed by atoms with van der Waals surface area (Å²) < 4.78 is 2.00. The molecule has 0 radical (unpaired) electrons. The molecule has 3 nitrogen and oxygen atoms in total. The molecule has 0 aliphatic heterocycles. The Morgan fingerprint density at radius 3 is 2.52 bits per heavy atom. The first-order valence-corrected chi connectivity index (χ1v) is 8.84. The zero-order valence-corrected chi connectivity index (χ0v) is 14.7. The third kappa shape index (κ3) is 4.23. The first kappa shape index (κ1) is 16.8. The van der Waals surface area contributed by atoms with E-state index in [0.29, 0.717) is 12.0 Å². The van der Waals surface area contributed by atoms with Gasteiger partial charge in [-0.2, -0.15) is 5.10 Å². The molecule has 21 heavy (non-hydrogen) atoms. The maximum Gasteiger partial charge on any atom is 0.0849 e. The van der Waals surface area contributed by atoms with Gasteiger partial charge in [0.25, 0.3) is 0 Å². The van der Waals surface area contributed by atoms with Crippen molar-refractivity contribution in [1.29, 1.82) is 0 Å². The Morgan fingerprint density at radius 1 is 1.33 bits per heavy atom. The molecule has 1 aliphatic rings. The van der Waals surface area contributed by atoms with Crippen LogP contribution < -0.4 is 5.32 Å². The smallest absolute Gasteiger partial charge is 0.0849 e. The highest BCUT2D eigenvalue weighted by Crippen LogP contribution is 2.34. The second-order valence-corrected chi connectivity index (χ2v) is 7.13. The second-order valence-electron chi connectivity index (χ2n) is 6.76. The van der Waals surface area contributed by atoms with E-state index in [2.05, 4.69) is 31.2 Å². The van der Waals surface area contributed by atoms with Crippen LogP contribution in [-0.4, -0.2) is 22.4 Å². The average molecular weight is 312 g/mol. The number of halogens is 1. The molecule has 2 rings (SSSR count). The average Bonchev–Trinajstić information content (AvgIpc) is 3.05. The Morgan fingerprint density at radius 2 is 2.00 bits per heavy atom. The van der Waals surface area contributed by atoms with E-state index in [1.54, 1.807) is 0 Å². The van der Waals surface area contributed by atoms with Crippen molar-refractivity contribution in [2.45, 2.75) is 65.3 Å². The monoisotopic (exact) mass is 311 g/mol. The molecule has 1 aromatic rings. The lowest BCUT2D eigenvalue weighted by atomic mass is 9.86. The predicted octanol–water partition coefficient (Wildman–Crippen LogP) is 3.98. The van der Waals surface area contributed by atoms with Crippen LogP contribution >= 0.6 is 11.6 Å². The minimum Gasteiger partial charge on any atom is -0.314 e. The quantitative estimate of drug-likeness (QED) is 0.825. The van der Waals surface area contributed by atoms with Gasteiger partial charge in [0.1, 0.15) is 0 Å². The summed E-state index contributed by atoms with van der Waals surface area (Å²) in [4.78, 5) is 0. The molecule has 1 aromatic heterocycles. The molecule has 1 N–H and O–H groups in total. The van der Waals surface area contributed by atoms with E-state index in [1.165, 1.54) is 31.4 Å². The van der Waals surface area contributed by atoms with Gasteiger partial charge in [0, 0.05) is 13.1 Å². The predicted molar refractivity (Wildman–Crippen MR) is 89.9 cm³/mol.